The van der Waals surface area contributed by atoms with Crippen molar-refractivity contribution < 1.29 is 14.4 Å². The molecule has 0 N–H and O–H groups in total. The van der Waals surface area contributed by atoms with E-state index in [0.29, 0.717) is 47.8 Å². The summed E-state index contributed by atoms with van der Waals surface area (Å²) in [5, 5.41) is 0.676. The van der Waals surface area contributed by atoms with E-state index in [1.54, 1.807) is 24.3 Å². The predicted octanol–water partition coefficient (Wildman–Crippen LogP) is 2.95. The summed E-state index contributed by atoms with van der Waals surface area (Å²) in [5.74, 6) is -0.286. The van der Waals surface area contributed by atoms with Crippen molar-refractivity contribution in [1.29, 1.82) is 0 Å². The number of benzene rings is 1. The lowest BCUT2D eigenvalue weighted by molar-refractivity contribution is -0.135. The molecule has 2 atom stereocenters. The number of hydrogen-bond acceptors (Lipinski definition) is 4. The van der Waals surface area contributed by atoms with Crippen LogP contribution in [0.2, 0.25) is 0 Å². The Morgan fingerprint density at radius 2 is 1.65 bits per heavy atom. The topological polar surface area (TPSA) is 57.7 Å². The number of nitrogens with zero attached hydrogens (tertiary/aromatic N) is 2. The fraction of sp³-hybridized carbons (Fsp3) is 0.550. The van der Waals surface area contributed by atoms with E-state index < -0.39 is 0 Å². The van der Waals surface area contributed by atoms with Crippen molar-refractivity contribution in [2.24, 2.45) is 0 Å². The minimum atomic E-state index is -0.237. The Bertz CT molecular complexity index is 701. The highest BCUT2D eigenvalue weighted by Crippen LogP contribution is 2.40. The van der Waals surface area contributed by atoms with Gasteiger partial charge in [0.15, 0.2) is 0 Å². The van der Waals surface area contributed by atoms with Crippen LogP contribution in [-0.2, 0) is 4.79 Å². The van der Waals surface area contributed by atoms with Crippen LogP contribution < -0.4 is 0 Å². The highest BCUT2D eigenvalue weighted by molar-refractivity contribution is 7.99. The molecule has 0 spiro atoms. The molecule has 3 aliphatic rings. The number of imide groups is 1. The second-order valence-electron chi connectivity index (χ2n) is 7.43. The van der Waals surface area contributed by atoms with Crippen LogP contribution in [0.15, 0.2) is 24.3 Å². The molecule has 0 radical (unpaired) electrons. The molecule has 1 aromatic rings. The van der Waals surface area contributed by atoms with Gasteiger partial charge >= 0.3 is 0 Å². The van der Waals surface area contributed by atoms with Gasteiger partial charge in [-0.2, -0.15) is 11.8 Å². The van der Waals surface area contributed by atoms with Gasteiger partial charge < -0.3 is 4.90 Å². The lowest BCUT2D eigenvalue weighted by Gasteiger charge is -2.38. The predicted molar refractivity (Wildman–Crippen MR) is 101 cm³/mol. The fourth-order valence-corrected chi connectivity index (χ4v) is 5.52. The number of rotatable bonds is 5. The van der Waals surface area contributed by atoms with Crippen LogP contribution in [0.5, 0.6) is 0 Å². The van der Waals surface area contributed by atoms with E-state index in [2.05, 4.69) is 11.2 Å². The van der Waals surface area contributed by atoms with E-state index in [4.69, 9.17) is 0 Å². The Kier molecular flexibility index (Phi) is 4.78. The van der Waals surface area contributed by atoms with Gasteiger partial charge in [0.2, 0.25) is 5.91 Å². The van der Waals surface area contributed by atoms with Gasteiger partial charge in [0.25, 0.3) is 11.8 Å². The molecule has 2 fully saturated rings. The molecular weight excluding hydrogens is 348 g/mol. The summed E-state index contributed by atoms with van der Waals surface area (Å²) in [6.45, 7) is 0.314. The Hall–Kier alpha value is -1.82. The number of amides is 3. The van der Waals surface area contributed by atoms with Gasteiger partial charge in [-0.3, -0.25) is 19.3 Å². The highest BCUT2D eigenvalue weighted by atomic mass is 32.2. The van der Waals surface area contributed by atoms with Gasteiger partial charge in [-0.25, -0.2) is 0 Å². The number of carbonyl (C=O) groups excluding carboxylic acids is 3. The summed E-state index contributed by atoms with van der Waals surface area (Å²) in [5.41, 5.74) is 0.946. The monoisotopic (exact) mass is 372 g/mol. The Morgan fingerprint density at radius 1 is 1.08 bits per heavy atom. The summed E-state index contributed by atoms with van der Waals surface area (Å²) < 4.78 is 0. The van der Waals surface area contributed by atoms with Crippen LogP contribution in [0.25, 0.3) is 0 Å². The van der Waals surface area contributed by atoms with Crippen LogP contribution in [0.1, 0.15) is 59.2 Å². The minimum absolute atomic E-state index is 0.189. The number of piperidine rings is 1. The second-order valence-corrected chi connectivity index (χ2v) is 8.56. The van der Waals surface area contributed by atoms with Gasteiger partial charge in [0.1, 0.15) is 0 Å². The largest absolute Gasteiger partial charge is 0.337 e. The average molecular weight is 372 g/mol. The van der Waals surface area contributed by atoms with Crippen molar-refractivity contribution >= 4 is 29.5 Å². The average Bonchev–Trinajstić information content (AvgIpc) is 3.06. The lowest BCUT2D eigenvalue weighted by atomic mass is 10.0. The maximum absolute atomic E-state index is 12.7. The first-order valence-electron chi connectivity index (χ1n) is 9.39. The molecule has 1 aromatic carbocycles. The maximum atomic E-state index is 12.7. The molecule has 2 saturated heterocycles. The van der Waals surface area contributed by atoms with Gasteiger partial charge in [-0.15, -0.1) is 0 Å². The van der Waals surface area contributed by atoms with E-state index in [1.807, 2.05) is 11.8 Å². The molecule has 6 heteroatoms. The van der Waals surface area contributed by atoms with Crippen molar-refractivity contribution in [1.82, 2.24) is 9.80 Å². The minimum Gasteiger partial charge on any atom is -0.337 e. The van der Waals surface area contributed by atoms with Crippen LogP contribution in [0.3, 0.4) is 0 Å². The van der Waals surface area contributed by atoms with Crippen LogP contribution in [0, 0.1) is 0 Å². The van der Waals surface area contributed by atoms with E-state index in [1.165, 1.54) is 4.90 Å². The Labute approximate surface area is 158 Å². The zero-order valence-electron chi connectivity index (χ0n) is 15.0. The van der Waals surface area contributed by atoms with Crippen molar-refractivity contribution in [3.63, 3.8) is 0 Å². The third kappa shape index (κ3) is 2.94. The number of thioether (sulfide) groups is 1. The number of fused-ring (bicyclic) bond motifs is 3. The first-order chi connectivity index (χ1) is 12.6. The third-order valence-electron chi connectivity index (χ3n) is 5.96. The SMILES string of the molecule is CSC1CC2CCC(C1)N2C(=O)CCCN1C(=O)c2ccccc2C1=O. The smallest absolute Gasteiger partial charge is 0.261 e. The summed E-state index contributed by atoms with van der Waals surface area (Å²) in [6, 6.07) is 7.69. The standard InChI is InChI=1S/C20H24N2O3S/c1-26-15-11-13-8-9-14(12-15)22(13)18(23)7-4-10-21-19(24)16-5-2-3-6-17(16)20(21)25/h2-3,5-6,13-15H,4,7-12H2,1H3. The Morgan fingerprint density at radius 3 is 2.19 bits per heavy atom. The van der Waals surface area contributed by atoms with Crippen molar-refractivity contribution in [3.05, 3.63) is 35.4 Å². The molecule has 138 valence electrons. The highest BCUT2D eigenvalue weighted by Gasteiger charge is 2.42. The zero-order valence-corrected chi connectivity index (χ0v) is 15.8. The molecular formula is C20H24N2O3S. The molecule has 0 aliphatic carbocycles. The van der Waals surface area contributed by atoms with E-state index in [-0.39, 0.29) is 17.7 Å². The summed E-state index contributed by atoms with van der Waals surface area (Å²) >= 11 is 1.92. The van der Waals surface area contributed by atoms with Gasteiger partial charge in [0.05, 0.1) is 11.1 Å². The molecule has 0 saturated carbocycles. The van der Waals surface area contributed by atoms with E-state index in [0.717, 1.165) is 25.7 Å². The first kappa shape index (κ1) is 17.6. The molecule has 3 heterocycles. The normalized spacial score (nSPS) is 27.2. The molecule has 2 bridgehead atoms. The zero-order chi connectivity index (χ0) is 18.3. The maximum Gasteiger partial charge on any atom is 0.261 e. The number of hydrogen-bond donors (Lipinski definition) is 0. The van der Waals surface area contributed by atoms with Crippen molar-refractivity contribution in [2.45, 2.75) is 55.9 Å². The van der Waals surface area contributed by atoms with Crippen molar-refractivity contribution in [3.8, 4) is 0 Å². The molecule has 4 rings (SSSR count). The van der Waals surface area contributed by atoms with E-state index >= 15 is 0 Å². The molecule has 3 amide bonds. The van der Waals surface area contributed by atoms with Gasteiger partial charge in [0, 0.05) is 30.3 Å². The van der Waals surface area contributed by atoms with Gasteiger partial charge in [-0.1, -0.05) is 12.1 Å². The quantitative estimate of drug-likeness (QED) is 0.746. The van der Waals surface area contributed by atoms with E-state index in [9.17, 15) is 14.4 Å². The van der Waals surface area contributed by atoms with Crippen molar-refractivity contribution in [2.75, 3.05) is 12.8 Å². The molecule has 0 aromatic heterocycles. The fourth-order valence-electron chi connectivity index (χ4n) is 4.69. The Balaban J connectivity index is 1.33. The molecule has 2 unspecified atom stereocenters. The van der Waals surface area contributed by atoms with Crippen LogP contribution in [0.4, 0.5) is 0 Å². The lowest BCUT2D eigenvalue weighted by Crippen LogP contribution is -2.47. The van der Waals surface area contributed by atoms with Crippen LogP contribution in [-0.4, -0.2) is 57.7 Å². The summed E-state index contributed by atoms with van der Waals surface area (Å²) in [6.07, 6.45) is 7.53. The molecule has 3 aliphatic heterocycles. The first-order valence-corrected chi connectivity index (χ1v) is 10.7. The summed E-state index contributed by atoms with van der Waals surface area (Å²) in [7, 11) is 0. The second kappa shape index (κ2) is 7.06. The third-order valence-corrected chi connectivity index (χ3v) is 7.01. The van der Waals surface area contributed by atoms with Crippen LogP contribution >= 0.6 is 11.8 Å². The number of carbonyl (C=O) groups is 3. The molecule has 5 nitrogen and oxygen atoms in total. The molecule has 26 heavy (non-hydrogen) atoms. The van der Waals surface area contributed by atoms with Gasteiger partial charge in [-0.05, 0) is 50.5 Å². The summed E-state index contributed by atoms with van der Waals surface area (Å²) in [4.78, 5) is 40.9.